The largest absolute Gasteiger partial charge is 0.481 e. The molecule has 15 heavy (non-hydrogen) atoms. The summed E-state index contributed by atoms with van der Waals surface area (Å²) in [6, 6.07) is 1.76. The molecule has 0 bridgehead atoms. The van der Waals surface area contributed by atoms with Gasteiger partial charge in [0, 0.05) is 19.2 Å². The Morgan fingerprint density at radius 2 is 2.47 bits per heavy atom. The number of aliphatic carboxylic acids is 1. The van der Waals surface area contributed by atoms with E-state index in [0.29, 0.717) is 6.54 Å². The molecule has 1 rings (SSSR count). The number of hydrogen-bond donors (Lipinski definition) is 2. The minimum atomic E-state index is -0.758. The Balaban J connectivity index is 2.37. The van der Waals surface area contributed by atoms with Crippen molar-refractivity contribution in [2.75, 3.05) is 11.9 Å². The molecule has 5 nitrogen and oxygen atoms in total. The van der Waals surface area contributed by atoms with Gasteiger partial charge in [0.15, 0.2) is 0 Å². The van der Waals surface area contributed by atoms with Gasteiger partial charge < -0.3 is 10.4 Å². The summed E-state index contributed by atoms with van der Waals surface area (Å²) in [4.78, 5) is 18.3. The van der Waals surface area contributed by atoms with E-state index in [1.165, 1.54) is 6.33 Å². The van der Waals surface area contributed by atoms with E-state index >= 15 is 0 Å². The van der Waals surface area contributed by atoms with Crippen molar-refractivity contribution in [3.8, 4) is 0 Å². The molecule has 1 heterocycles. The molecule has 5 heteroatoms. The molecule has 0 saturated carbocycles. The second kappa shape index (κ2) is 5.95. The summed E-state index contributed by atoms with van der Waals surface area (Å²) in [5.74, 6) is 0.109. The third-order valence-corrected chi connectivity index (χ3v) is 2.19. The van der Waals surface area contributed by atoms with Crippen molar-refractivity contribution in [2.24, 2.45) is 5.92 Å². The molecule has 0 spiro atoms. The topological polar surface area (TPSA) is 75.1 Å². The lowest BCUT2D eigenvalue weighted by Gasteiger charge is -2.13. The van der Waals surface area contributed by atoms with Gasteiger partial charge in [0.05, 0.1) is 0 Å². The average molecular weight is 209 g/mol. The lowest BCUT2D eigenvalue weighted by Crippen LogP contribution is -2.17. The fraction of sp³-hybridized carbons (Fsp3) is 0.500. The highest BCUT2D eigenvalue weighted by Crippen LogP contribution is 2.09. The zero-order valence-corrected chi connectivity index (χ0v) is 8.68. The number of carboxylic acids is 1. The summed E-state index contributed by atoms with van der Waals surface area (Å²) < 4.78 is 0. The van der Waals surface area contributed by atoms with Gasteiger partial charge in [-0.1, -0.05) is 13.3 Å². The van der Waals surface area contributed by atoms with Crippen molar-refractivity contribution >= 4 is 11.8 Å². The number of carbonyl (C=O) groups is 1. The smallest absolute Gasteiger partial charge is 0.303 e. The van der Waals surface area contributed by atoms with Gasteiger partial charge in [0.25, 0.3) is 0 Å². The zero-order valence-electron chi connectivity index (χ0n) is 8.68. The van der Waals surface area contributed by atoms with Crippen molar-refractivity contribution in [3.05, 3.63) is 18.6 Å². The van der Waals surface area contributed by atoms with E-state index < -0.39 is 5.97 Å². The molecule has 0 amide bonds. The van der Waals surface area contributed by atoms with Crippen molar-refractivity contribution in [1.29, 1.82) is 0 Å². The van der Waals surface area contributed by atoms with Crippen molar-refractivity contribution in [1.82, 2.24) is 9.97 Å². The number of hydrogen-bond acceptors (Lipinski definition) is 4. The third kappa shape index (κ3) is 4.39. The molecule has 82 valence electrons. The number of aromatic nitrogens is 2. The molecule has 0 fully saturated rings. The van der Waals surface area contributed by atoms with E-state index in [1.54, 1.807) is 12.3 Å². The lowest BCUT2D eigenvalue weighted by molar-refractivity contribution is -0.138. The second-order valence-electron chi connectivity index (χ2n) is 3.35. The van der Waals surface area contributed by atoms with Crippen LogP contribution in [0.25, 0.3) is 0 Å². The number of anilines is 1. The SMILES string of the molecule is CCC(CNc1ccncn1)CC(=O)O. The Morgan fingerprint density at radius 3 is 3.00 bits per heavy atom. The van der Waals surface area contributed by atoms with Crippen LogP contribution in [0.15, 0.2) is 18.6 Å². The van der Waals surface area contributed by atoms with Gasteiger partial charge in [-0.2, -0.15) is 0 Å². The van der Waals surface area contributed by atoms with Crippen molar-refractivity contribution < 1.29 is 9.90 Å². The quantitative estimate of drug-likeness (QED) is 0.740. The van der Waals surface area contributed by atoms with Gasteiger partial charge in [0.1, 0.15) is 12.1 Å². The Hall–Kier alpha value is -1.65. The predicted molar refractivity (Wildman–Crippen MR) is 56.6 cm³/mol. The molecular weight excluding hydrogens is 194 g/mol. The van der Waals surface area contributed by atoms with Gasteiger partial charge in [-0.25, -0.2) is 9.97 Å². The maximum Gasteiger partial charge on any atom is 0.303 e. The van der Waals surface area contributed by atoms with Crippen LogP contribution in [-0.2, 0) is 4.79 Å². The maximum absolute atomic E-state index is 10.5. The number of carboxylic acid groups (broad SMARTS) is 1. The number of rotatable bonds is 6. The first kappa shape index (κ1) is 11.4. The molecule has 0 radical (unpaired) electrons. The molecule has 1 aromatic heterocycles. The molecule has 0 aromatic carbocycles. The predicted octanol–water partition coefficient (Wildman–Crippen LogP) is 1.39. The molecule has 1 atom stereocenters. The first-order valence-corrected chi connectivity index (χ1v) is 4.94. The summed E-state index contributed by atoms with van der Waals surface area (Å²) in [5, 5.41) is 11.7. The maximum atomic E-state index is 10.5. The van der Waals surface area contributed by atoms with Gasteiger partial charge in [0.2, 0.25) is 0 Å². The van der Waals surface area contributed by atoms with Crippen LogP contribution >= 0.6 is 0 Å². The van der Waals surface area contributed by atoms with Crippen LogP contribution in [0.4, 0.5) is 5.82 Å². The van der Waals surface area contributed by atoms with E-state index in [0.717, 1.165) is 12.2 Å². The summed E-state index contributed by atoms with van der Waals surface area (Å²) in [6.07, 6.45) is 4.13. The van der Waals surface area contributed by atoms with E-state index in [9.17, 15) is 4.79 Å². The van der Waals surface area contributed by atoms with Gasteiger partial charge in [-0.15, -0.1) is 0 Å². The first-order valence-electron chi connectivity index (χ1n) is 4.94. The average Bonchev–Trinajstić information content (AvgIpc) is 2.25. The number of nitrogens with zero attached hydrogens (tertiary/aromatic N) is 2. The summed E-state index contributed by atoms with van der Waals surface area (Å²) >= 11 is 0. The molecule has 1 unspecified atom stereocenters. The summed E-state index contributed by atoms with van der Waals surface area (Å²) in [7, 11) is 0. The van der Waals surface area contributed by atoms with Crippen LogP contribution in [0.1, 0.15) is 19.8 Å². The van der Waals surface area contributed by atoms with Gasteiger partial charge >= 0.3 is 5.97 Å². The van der Waals surface area contributed by atoms with Crippen LogP contribution in [-0.4, -0.2) is 27.6 Å². The van der Waals surface area contributed by atoms with Crippen LogP contribution < -0.4 is 5.32 Å². The second-order valence-corrected chi connectivity index (χ2v) is 3.35. The Kier molecular flexibility index (Phi) is 4.53. The van der Waals surface area contributed by atoms with Crippen LogP contribution in [0.2, 0.25) is 0 Å². The normalized spacial score (nSPS) is 12.1. The molecular formula is C10H15N3O2. The highest BCUT2D eigenvalue weighted by Gasteiger charge is 2.10. The van der Waals surface area contributed by atoms with Crippen molar-refractivity contribution in [3.63, 3.8) is 0 Å². The van der Waals surface area contributed by atoms with E-state index in [-0.39, 0.29) is 12.3 Å². The fourth-order valence-corrected chi connectivity index (χ4v) is 1.25. The van der Waals surface area contributed by atoms with Crippen molar-refractivity contribution in [2.45, 2.75) is 19.8 Å². The molecule has 0 aliphatic rings. The highest BCUT2D eigenvalue weighted by atomic mass is 16.4. The molecule has 0 aliphatic carbocycles. The summed E-state index contributed by atoms with van der Waals surface area (Å²) in [6.45, 7) is 2.61. The third-order valence-electron chi connectivity index (χ3n) is 2.19. The summed E-state index contributed by atoms with van der Waals surface area (Å²) in [5.41, 5.74) is 0. The minimum absolute atomic E-state index is 0.137. The Bertz CT molecular complexity index is 303. The standard InChI is InChI=1S/C10H15N3O2/c1-2-8(5-10(14)15)6-12-9-3-4-11-7-13-9/h3-4,7-8H,2,5-6H2,1H3,(H,14,15)(H,11,12,13). The van der Waals surface area contributed by atoms with E-state index in [2.05, 4.69) is 15.3 Å². The van der Waals surface area contributed by atoms with E-state index in [1.807, 2.05) is 6.92 Å². The fourth-order valence-electron chi connectivity index (χ4n) is 1.25. The Morgan fingerprint density at radius 1 is 1.67 bits per heavy atom. The first-order chi connectivity index (χ1) is 7.22. The van der Waals surface area contributed by atoms with Crippen LogP contribution in [0.3, 0.4) is 0 Å². The highest BCUT2D eigenvalue weighted by molar-refractivity contribution is 5.67. The lowest BCUT2D eigenvalue weighted by atomic mass is 10.0. The monoisotopic (exact) mass is 209 g/mol. The molecule has 1 aromatic rings. The molecule has 2 N–H and O–H groups in total. The van der Waals surface area contributed by atoms with E-state index in [4.69, 9.17) is 5.11 Å². The minimum Gasteiger partial charge on any atom is -0.481 e. The zero-order chi connectivity index (χ0) is 11.1. The molecule has 0 saturated heterocycles. The Labute approximate surface area is 88.6 Å². The molecule has 0 aliphatic heterocycles. The number of nitrogens with one attached hydrogen (secondary N) is 1. The van der Waals surface area contributed by atoms with Crippen LogP contribution in [0, 0.1) is 5.92 Å². The van der Waals surface area contributed by atoms with Crippen LogP contribution in [0.5, 0.6) is 0 Å². The van der Waals surface area contributed by atoms with Gasteiger partial charge in [-0.05, 0) is 12.0 Å². The van der Waals surface area contributed by atoms with Gasteiger partial charge in [-0.3, -0.25) is 4.79 Å².